The second-order valence-corrected chi connectivity index (χ2v) is 7.34. The van der Waals surface area contributed by atoms with Gasteiger partial charge in [-0.2, -0.15) is 0 Å². The van der Waals surface area contributed by atoms with E-state index >= 15 is 0 Å². The molecule has 0 saturated heterocycles. The van der Waals surface area contributed by atoms with Gasteiger partial charge in [0, 0.05) is 30.1 Å². The molecule has 0 fully saturated rings. The molecule has 138 valence electrons. The summed E-state index contributed by atoms with van der Waals surface area (Å²) in [6.07, 6.45) is 7.29. The van der Waals surface area contributed by atoms with Gasteiger partial charge >= 0.3 is 0 Å². The number of hydrogen-bond acceptors (Lipinski definition) is 1. The summed E-state index contributed by atoms with van der Waals surface area (Å²) in [5, 5.41) is 1.35. The number of benzene rings is 2. The zero-order chi connectivity index (χ0) is 18.5. The predicted molar refractivity (Wildman–Crippen MR) is 111 cm³/mol. The van der Waals surface area contributed by atoms with E-state index < -0.39 is 0 Å². The molecule has 0 amide bonds. The molecule has 3 rings (SSSR count). The van der Waals surface area contributed by atoms with Gasteiger partial charge in [0.2, 0.25) is 0 Å². The Kier molecular flexibility index (Phi) is 6.03. The maximum absolute atomic E-state index is 5.49. The number of aryl methyl sites for hydroxylation is 3. The monoisotopic (exact) mass is 349 g/mol. The molecule has 0 bridgehead atoms. The van der Waals surface area contributed by atoms with E-state index in [-0.39, 0.29) is 0 Å². The van der Waals surface area contributed by atoms with Crippen LogP contribution in [0, 0.1) is 6.92 Å². The first-order valence-corrected chi connectivity index (χ1v) is 9.83. The smallest absolute Gasteiger partial charge is 0.119 e. The molecule has 0 aliphatic heterocycles. The molecule has 0 spiro atoms. The number of hydrogen-bond donors (Lipinski definition) is 0. The van der Waals surface area contributed by atoms with E-state index in [0.717, 1.165) is 18.6 Å². The number of fused-ring (bicyclic) bond motifs is 1. The largest absolute Gasteiger partial charge is 0.497 e. The first-order chi connectivity index (χ1) is 12.6. The molecular weight excluding hydrogens is 318 g/mol. The third-order valence-electron chi connectivity index (χ3n) is 5.42. The molecule has 2 heteroatoms. The van der Waals surface area contributed by atoms with Crippen molar-refractivity contribution in [3.05, 3.63) is 64.8 Å². The summed E-state index contributed by atoms with van der Waals surface area (Å²) in [7, 11) is 3.95. The fraction of sp³-hybridized carbons (Fsp3) is 0.417. The van der Waals surface area contributed by atoms with Crippen LogP contribution in [-0.4, -0.2) is 11.7 Å². The van der Waals surface area contributed by atoms with Crippen molar-refractivity contribution in [3.8, 4) is 5.75 Å². The lowest BCUT2D eigenvalue weighted by Crippen LogP contribution is -2.01. The van der Waals surface area contributed by atoms with Gasteiger partial charge in [0.15, 0.2) is 0 Å². The maximum atomic E-state index is 5.49. The molecular formula is C24H31NO. The van der Waals surface area contributed by atoms with Gasteiger partial charge in [-0.15, -0.1) is 0 Å². The number of rotatable bonds is 8. The highest BCUT2D eigenvalue weighted by atomic mass is 16.5. The van der Waals surface area contributed by atoms with Gasteiger partial charge in [-0.05, 0) is 49.1 Å². The summed E-state index contributed by atoms with van der Waals surface area (Å²) in [5.74, 6) is 0.944. The molecule has 1 heterocycles. The van der Waals surface area contributed by atoms with Crippen LogP contribution in [0.15, 0.2) is 42.5 Å². The zero-order valence-electron chi connectivity index (χ0n) is 16.6. The van der Waals surface area contributed by atoms with Crippen LogP contribution in [-0.2, 0) is 19.9 Å². The number of unbranched alkanes of at least 4 members (excludes halogenated alkanes) is 3. The molecule has 0 radical (unpaired) electrons. The van der Waals surface area contributed by atoms with E-state index in [4.69, 9.17) is 4.74 Å². The standard InChI is InChI=1S/C24H31NO/c1-5-6-7-8-9-21-22-17-20(26-4)14-15-23(22)25(3)24(21)16-19-12-10-18(2)11-13-19/h10-15,17H,5-9,16H2,1-4H3. The summed E-state index contributed by atoms with van der Waals surface area (Å²) in [4.78, 5) is 0. The topological polar surface area (TPSA) is 14.2 Å². The van der Waals surface area contributed by atoms with Crippen molar-refractivity contribution in [2.45, 2.75) is 52.4 Å². The Morgan fingerprint density at radius 2 is 1.73 bits per heavy atom. The molecule has 2 nitrogen and oxygen atoms in total. The highest BCUT2D eigenvalue weighted by Gasteiger charge is 2.16. The van der Waals surface area contributed by atoms with Crippen molar-refractivity contribution in [2.75, 3.05) is 7.11 Å². The Labute approximate surface area is 157 Å². The van der Waals surface area contributed by atoms with Gasteiger partial charge in [-0.25, -0.2) is 0 Å². The van der Waals surface area contributed by atoms with Gasteiger partial charge < -0.3 is 9.30 Å². The summed E-state index contributed by atoms with van der Waals surface area (Å²) >= 11 is 0. The molecule has 0 saturated carbocycles. The summed E-state index contributed by atoms with van der Waals surface area (Å²) < 4.78 is 7.87. The predicted octanol–water partition coefficient (Wildman–Crippen LogP) is 6.21. The highest BCUT2D eigenvalue weighted by molar-refractivity contribution is 5.87. The van der Waals surface area contributed by atoms with Crippen LogP contribution in [0.2, 0.25) is 0 Å². The van der Waals surface area contributed by atoms with E-state index in [1.54, 1.807) is 7.11 Å². The molecule has 0 aliphatic carbocycles. The Morgan fingerprint density at radius 3 is 2.42 bits per heavy atom. The molecule has 1 aromatic heterocycles. The molecule has 3 aromatic rings. The van der Waals surface area contributed by atoms with Crippen molar-refractivity contribution >= 4 is 10.9 Å². The molecule has 2 aromatic carbocycles. The van der Waals surface area contributed by atoms with E-state index in [1.165, 1.54) is 59.0 Å². The summed E-state index contributed by atoms with van der Waals surface area (Å²) in [5.41, 5.74) is 6.93. The quantitative estimate of drug-likeness (QED) is 0.441. The van der Waals surface area contributed by atoms with Crippen LogP contribution >= 0.6 is 0 Å². The molecule has 0 N–H and O–H groups in total. The van der Waals surface area contributed by atoms with Crippen LogP contribution in [0.25, 0.3) is 10.9 Å². The minimum absolute atomic E-state index is 0.944. The van der Waals surface area contributed by atoms with E-state index in [9.17, 15) is 0 Å². The highest BCUT2D eigenvalue weighted by Crippen LogP contribution is 2.31. The van der Waals surface area contributed by atoms with Gasteiger partial charge in [-0.1, -0.05) is 56.0 Å². The number of nitrogens with zero attached hydrogens (tertiary/aromatic N) is 1. The molecule has 0 aliphatic rings. The minimum atomic E-state index is 0.944. The van der Waals surface area contributed by atoms with Crippen LogP contribution in [0.5, 0.6) is 5.75 Å². The lowest BCUT2D eigenvalue weighted by Gasteiger charge is -2.09. The first kappa shape index (κ1) is 18.6. The zero-order valence-corrected chi connectivity index (χ0v) is 16.6. The third kappa shape index (κ3) is 3.95. The van der Waals surface area contributed by atoms with Crippen molar-refractivity contribution in [1.29, 1.82) is 0 Å². The first-order valence-electron chi connectivity index (χ1n) is 9.83. The Bertz CT molecular complexity index is 858. The second kappa shape index (κ2) is 8.44. The summed E-state index contributed by atoms with van der Waals surface area (Å²) in [6, 6.07) is 15.4. The Hall–Kier alpha value is -2.22. The van der Waals surface area contributed by atoms with Crippen LogP contribution < -0.4 is 4.74 Å². The van der Waals surface area contributed by atoms with Gasteiger partial charge in [-0.3, -0.25) is 0 Å². The SMILES string of the molecule is CCCCCCc1c(Cc2ccc(C)cc2)n(C)c2ccc(OC)cc12. The normalized spacial score (nSPS) is 11.2. The maximum Gasteiger partial charge on any atom is 0.119 e. The van der Waals surface area contributed by atoms with E-state index in [0.29, 0.717) is 0 Å². The number of methoxy groups -OCH3 is 1. The van der Waals surface area contributed by atoms with Gasteiger partial charge in [0.1, 0.15) is 5.75 Å². The lowest BCUT2D eigenvalue weighted by atomic mass is 9.99. The van der Waals surface area contributed by atoms with Crippen molar-refractivity contribution in [1.82, 2.24) is 4.57 Å². The fourth-order valence-corrected chi connectivity index (χ4v) is 3.81. The number of ether oxygens (including phenoxy) is 1. The molecule has 26 heavy (non-hydrogen) atoms. The van der Waals surface area contributed by atoms with E-state index in [1.807, 2.05) is 0 Å². The Balaban J connectivity index is 2.00. The second-order valence-electron chi connectivity index (χ2n) is 7.34. The number of aromatic nitrogens is 1. The van der Waals surface area contributed by atoms with E-state index in [2.05, 4.69) is 67.9 Å². The Morgan fingerprint density at radius 1 is 0.962 bits per heavy atom. The van der Waals surface area contributed by atoms with Crippen molar-refractivity contribution in [3.63, 3.8) is 0 Å². The average Bonchev–Trinajstić information content (AvgIpc) is 2.92. The minimum Gasteiger partial charge on any atom is -0.497 e. The molecule has 0 unspecified atom stereocenters. The van der Waals surface area contributed by atoms with Crippen LogP contribution in [0.1, 0.15) is 55.0 Å². The lowest BCUT2D eigenvalue weighted by molar-refractivity contribution is 0.415. The van der Waals surface area contributed by atoms with Gasteiger partial charge in [0.05, 0.1) is 7.11 Å². The third-order valence-corrected chi connectivity index (χ3v) is 5.42. The summed E-state index contributed by atoms with van der Waals surface area (Å²) in [6.45, 7) is 4.41. The van der Waals surface area contributed by atoms with Crippen molar-refractivity contribution in [2.24, 2.45) is 7.05 Å². The fourth-order valence-electron chi connectivity index (χ4n) is 3.81. The van der Waals surface area contributed by atoms with Gasteiger partial charge in [0.25, 0.3) is 0 Å². The molecule has 0 atom stereocenters. The van der Waals surface area contributed by atoms with Crippen LogP contribution in [0.3, 0.4) is 0 Å². The average molecular weight is 350 g/mol. The van der Waals surface area contributed by atoms with Crippen LogP contribution in [0.4, 0.5) is 0 Å². The van der Waals surface area contributed by atoms with Crippen molar-refractivity contribution < 1.29 is 4.74 Å².